The molecule has 5 heteroatoms. The molecule has 1 atom stereocenters. The smallest absolute Gasteiger partial charge is 0.153 e. The summed E-state index contributed by atoms with van der Waals surface area (Å²) in [7, 11) is 0. The summed E-state index contributed by atoms with van der Waals surface area (Å²) >= 11 is -1.72. The molecule has 1 aliphatic rings. The molecule has 4 nitrogen and oxygen atoms in total. The molecular weight excluding hydrogens is 156 g/mol. The first-order valence-electron chi connectivity index (χ1n) is 3.02. The minimum atomic E-state index is -1.72. The van der Waals surface area contributed by atoms with Gasteiger partial charge in [0, 0.05) is 5.92 Å². The van der Waals surface area contributed by atoms with Gasteiger partial charge in [-0.25, -0.2) is 4.21 Å². The van der Waals surface area contributed by atoms with E-state index in [-0.39, 0.29) is 11.7 Å². The molecule has 1 saturated heterocycles. The highest BCUT2D eigenvalue weighted by Crippen LogP contribution is 2.05. The van der Waals surface area contributed by atoms with Gasteiger partial charge in [-0.05, 0) is 0 Å². The van der Waals surface area contributed by atoms with Crippen LogP contribution in [0.25, 0.3) is 0 Å². The third-order valence-corrected chi connectivity index (χ3v) is 2.01. The summed E-state index contributed by atoms with van der Waals surface area (Å²) in [5, 5.41) is 0. The fraction of sp³-hybridized carbons (Fsp3) is 1.00. The molecule has 0 aromatic heterocycles. The van der Waals surface area contributed by atoms with Gasteiger partial charge < -0.3 is 14.0 Å². The van der Waals surface area contributed by atoms with Crippen LogP contribution >= 0.6 is 0 Å². The van der Waals surface area contributed by atoms with Crippen LogP contribution in [0.2, 0.25) is 0 Å². The molecule has 0 spiro atoms. The summed E-state index contributed by atoms with van der Waals surface area (Å²) in [6.45, 7) is 1.38. The fourth-order valence-electron chi connectivity index (χ4n) is 0.834. The van der Waals surface area contributed by atoms with E-state index in [1.165, 1.54) is 0 Å². The maximum atomic E-state index is 10.3. The lowest BCUT2D eigenvalue weighted by molar-refractivity contribution is -0.120. The fourth-order valence-corrected chi connectivity index (χ4v) is 1.43. The monoisotopic (exact) mass is 166 g/mol. The van der Waals surface area contributed by atoms with E-state index in [4.69, 9.17) is 14.0 Å². The quantitative estimate of drug-likeness (QED) is 0.578. The van der Waals surface area contributed by atoms with Crippen molar-refractivity contribution in [3.05, 3.63) is 0 Å². The molecule has 1 unspecified atom stereocenters. The maximum Gasteiger partial charge on any atom is 0.153 e. The molecular formula is C5H10O4S. The lowest BCUT2D eigenvalue weighted by Crippen LogP contribution is -2.28. The van der Waals surface area contributed by atoms with Gasteiger partial charge in [0.2, 0.25) is 0 Å². The van der Waals surface area contributed by atoms with Gasteiger partial charge in [-0.15, -0.1) is 0 Å². The summed E-state index contributed by atoms with van der Waals surface area (Å²) in [5.74, 6) is 0.333. The Morgan fingerprint density at radius 3 is 2.60 bits per heavy atom. The van der Waals surface area contributed by atoms with Gasteiger partial charge in [-0.3, -0.25) is 0 Å². The molecule has 10 heavy (non-hydrogen) atoms. The van der Waals surface area contributed by atoms with Crippen molar-refractivity contribution in [1.82, 2.24) is 0 Å². The molecule has 0 saturated carbocycles. The van der Waals surface area contributed by atoms with E-state index in [9.17, 15) is 4.21 Å². The van der Waals surface area contributed by atoms with Gasteiger partial charge in [-0.1, -0.05) is 0 Å². The van der Waals surface area contributed by atoms with Crippen molar-refractivity contribution < 1.29 is 18.2 Å². The highest BCUT2D eigenvalue weighted by atomic mass is 32.2. The highest BCUT2D eigenvalue weighted by Gasteiger charge is 2.15. The minimum absolute atomic E-state index is 0.0829. The van der Waals surface area contributed by atoms with Gasteiger partial charge >= 0.3 is 0 Å². The molecule has 1 aliphatic heterocycles. The Morgan fingerprint density at radius 2 is 2.10 bits per heavy atom. The average Bonchev–Trinajstić information content (AvgIpc) is 1.88. The van der Waals surface area contributed by atoms with Gasteiger partial charge in [0.05, 0.1) is 19.0 Å². The lowest BCUT2D eigenvalue weighted by Gasteiger charge is -2.20. The molecule has 60 valence electrons. The molecule has 1 fully saturated rings. The average molecular weight is 166 g/mol. The van der Waals surface area contributed by atoms with Gasteiger partial charge in [0.25, 0.3) is 0 Å². The van der Waals surface area contributed by atoms with Crippen molar-refractivity contribution in [1.29, 1.82) is 0 Å². The van der Waals surface area contributed by atoms with Crippen LogP contribution in [0.4, 0.5) is 0 Å². The highest BCUT2D eigenvalue weighted by molar-refractivity contribution is 7.79. The zero-order valence-electron chi connectivity index (χ0n) is 5.49. The standard InChI is InChI=1S/C5H10O4S/c6-10(7)3-5-1-8-4-9-2-5/h5H,1-4H2,(H,6,7). The number of hydrogen-bond acceptors (Lipinski definition) is 3. The first-order valence-corrected chi connectivity index (χ1v) is 4.29. The summed E-state index contributed by atoms with van der Waals surface area (Å²) in [6, 6.07) is 0. The van der Waals surface area contributed by atoms with Crippen molar-refractivity contribution in [3.8, 4) is 0 Å². The molecule has 0 amide bonds. The first kappa shape index (κ1) is 8.13. The Balaban J connectivity index is 2.19. The summed E-state index contributed by atoms with van der Waals surface area (Å²) in [5.41, 5.74) is 0. The van der Waals surface area contributed by atoms with E-state index in [0.29, 0.717) is 20.0 Å². The van der Waals surface area contributed by atoms with Crippen LogP contribution < -0.4 is 0 Å². The van der Waals surface area contributed by atoms with E-state index in [1.807, 2.05) is 0 Å². The largest absolute Gasteiger partial charge is 0.355 e. The second-order valence-corrected chi connectivity index (χ2v) is 3.19. The van der Waals surface area contributed by atoms with Crippen LogP contribution in [0.5, 0.6) is 0 Å². The van der Waals surface area contributed by atoms with Gasteiger partial charge in [0.15, 0.2) is 11.1 Å². The first-order chi connectivity index (χ1) is 4.79. The molecule has 1 N–H and O–H groups in total. The third kappa shape index (κ3) is 2.74. The zero-order valence-corrected chi connectivity index (χ0v) is 6.30. The molecule has 1 heterocycles. The predicted octanol–water partition coefficient (Wildman–Crippen LogP) is -0.171. The van der Waals surface area contributed by atoms with E-state index in [1.54, 1.807) is 0 Å². The lowest BCUT2D eigenvalue weighted by atomic mass is 10.2. The second-order valence-electron chi connectivity index (χ2n) is 2.21. The predicted molar refractivity (Wildman–Crippen MR) is 35.9 cm³/mol. The molecule has 1 rings (SSSR count). The normalized spacial score (nSPS) is 24.5. The Kier molecular flexibility index (Phi) is 3.27. The van der Waals surface area contributed by atoms with Crippen molar-refractivity contribution >= 4 is 11.1 Å². The van der Waals surface area contributed by atoms with Crippen molar-refractivity contribution in [2.75, 3.05) is 25.8 Å². The van der Waals surface area contributed by atoms with Crippen molar-refractivity contribution in [3.63, 3.8) is 0 Å². The molecule has 0 radical (unpaired) electrons. The van der Waals surface area contributed by atoms with E-state index in [0.717, 1.165) is 0 Å². The molecule has 0 aromatic rings. The number of rotatable bonds is 2. The van der Waals surface area contributed by atoms with Crippen LogP contribution in [0, 0.1) is 5.92 Å². The molecule has 0 aliphatic carbocycles. The van der Waals surface area contributed by atoms with Gasteiger partial charge in [0.1, 0.15) is 6.79 Å². The Hall–Kier alpha value is 0.0300. The van der Waals surface area contributed by atoms with Gasteiger partial charge in [-0.2, -0.15) is 0 Å². The van der Waals surface area contributed by atoms with E-state index < -0.39 is 11.1 Å². The number of ether oxygens (including phenoxy) is 2. The molecule has 0 aromatic carbocycles. The van der Waals surface area contributed by atoms with Crippen LogP contribution in [-0.2, 0) is 20.6 Å². The van der Waals surface area contributed by atoms with Crippen LogP contribution in [0.15, 0.2) is 0 Å². The van der Waals surface area contributed by atoms with E-state index in [2.05, 4.69) is 0 Å². The topological polar surface area (TPSA) is 55.8 Å². The molecule has 0 bridgehead atoms. The van der Waals surface area contributed by atoms with Crippen LogP contribution in [0.1, 0.15) is 0 Å². The summed E-state index contributed by atoms with van der Waals surface area (Å²) < 4.78 is 28.6. The Labute approximate surface area is 61.8 Å². The Morgan fingerprint density at radius 1 is 1.50 bits per heavy atom. The van der Waals surface area contributed by atoms with E-state index >= 15 is 0 Å². The van der Waals surface area contributed by atoms with Crippen LogP contribution in [0.3, 0.4) is 0 Å². The van der Waals surface area contributed by atoms with Crippen molar-refractivity contribution in [2.24, 2.45) is 5.92 Å². The van der Waals surface area contributed by atoms with Crippen molar-refractivity contribution in [2.45, 2.75) is 0 Å². The maximum absolute atomic E-state index is 10.3. The minimum Gasteiger partial charge on any atom is -0.355 e. The summed E-state index contributed by atoms with van der Waals surface area (Å²) in [6.07, 6.45) is 0. The SMILES string of the molecule is O=S(O)CC1COCOC1. The summed E-state index contributed by atoms with van der Waals surface area (Å²) in [4.78, 5) is 0. The Bertz CT molecular complexity index is 121. The second kappa shape index (κ2) is 4.02. The number of hydrogen-bond donors (Lipinski definition) is 1. The third-order valence-electron chi connectivity index (χ3n) is 1.25. The zero-order chi connectivity index (χ0) is 7.40. The van der Waals surface area contributed by atoms with Crippen LogP contribution in [-0.4, -0.2) is 34.5 Å².